The predicted molar refractivity (Wildman–Crippen MR) is 124 cm³/mol. The van der Waals surface area contributed by atoms with E-state index in [1.54, 1.807) is 49.4 Å². The number of hydrogen-bond donors (Lipinski definition) is 3. The van der Waals surface area contributed by atoms with Gasteiger partial charge in [0.1, 0.15) is 5.82 Å². The minimum absolute atomic E-state index is 0.0567. The Morgan fingerprint density at radius 2 is 1.83 bits per heavy atom. The molecule has 2 atom stereocenters. The molecule has 188 valence electrons. The topological polar surface area (TPSA) is 107 Å². The molecule has 2 aromatic carbocycles. The second kappa shape index (κ2) is 9.10. The van der Waals surface area contributed by atoms with Crippen molar-refractivity contribution in [1.29, 1.82) is 0 Å². The summed E-state index contributed by atoms with van der Waals surface area (Å²) in [5.41, 5.74) is 1.26. The van der Waals surface area contributed by atoms with E-state index in [0.717, 1.165) is 4.68 Å². The molecule has 1 aromatic heterocycles. The Balaban J connectivity index is 1.39. The molecule has 3 heterocycles. The maximum absolute atomic E-state index is 14.0. The molecule has 0 saturated carbocycles. The number of nitrogens with zero attached hydrogens (tertiary/aromatic N) is 2. The maximum atomic E-state index is 14.0. The molecule has 0 radical (unpaired) electrons. The van der Waals surface area contributed by atoms with Gasteiger partial charge in [-0.15, -0.1) is 0 Å². The van der Waals surface area contributed by atoms with E-state index in [0.29, 0.717) is 28.4 Å². The van der Waals surface area contributed by atoms with E-state index < -0.39 is 24.2 Å². The van der Waals surface area contributed by atoms with Crippen LogP contribution in [0.3, 0.4) is 0 Å². The first-order valence-corrected chi connectivity index (χ1v) is 11.2. The SMILES string of the molecule is CCC(=O)Nc1cccc(NC(=O)c2cc3n(n2)[C@@H](C(F)(F)F)C[C@H](c2ccc4c(c2)OCO4)N3)c1. The Morgan fingerprint density at radius 1 is 1.08 bits per heavy atom. The molecule has 2 aliphatic heterocycles. The van der Waals surface area contributed by atoms with Gasteiger partial charge in [0, 0.05) is 30.3 Å². The molecule has 0 unspecified atom stereocenters. The van der Waals surface area contributed by atoms with Crippen molar-refractivity contribution >= 4 is 29.0 Å². The highest BCUT2D eigenvalue weighted by atomic mass is 19.4. The summed E-state index contributed by atoms with van der Waals surface area (Å²) in [6.45, 7) is 1.77. The van der Waals surface area contributed by atoms with E-state index in [9.17, 15) is 22.8 Å². The van der Waals surface area contributed by atoms with Gasteiger partial charge in [0.25, 0.3) is 5.91 Å². The molecule has 0 aliphatic carbocycles. The largest absolute Gasteiger partial charge is 0.454 e. The van der Waals surface area contributed by atoms with Crippen molar-refractivity contribution in [3.8, 4) is 11.5 Å². The van der Waals surface area contributed by atoms with Crippen molar-refractivity contribution in [2.75, 3.05) is 22.7 Å². The summed E-state index contributed by atoms with van der Waals surface area (Å²) in [6.07, 6.45) is -4.62. The molecule has 3 N–H and O–H groups in total. The number of rotatable bonds is 5. The van der Waals surface area contributed by atoms with Crippen molar-refractivity contribution in [2.24, 2.45) is 0 Å². The summed E-state index contributed by atoms with van der Waals surface area (Å²) in [7, 11) is 0. The maximum Gasteiger partial charge on any atom is 0.410 e. The Labute approximate surface area is 203 Å². The molecule has 0 bridgehead atoms. The first-order chi connectivity index (χ1) is 17.2. The van der Waals surface area contributed by atoms with Crippen LogP contribution in [-0.2, 0) is 4.79 Å². The highest BCUT2D eigenvalue weighted by Crippen LogP contribution is 2.45. The van der Waals surface area contributed by atoms with Gasteiger partial charge in [0.05, 0.1) is 6.04 Å². The third-order valence-electron chi connectivity index (χ3n) is 5.95. The Bertz CT molecular complexity index is 1320. The highest BCUT2D eigenvalue weighted by molar-refractivity contribution is 6.04. The molecule has 2 aliphatic rings. The normalized spacial score (nSPS) is 18.2. The van der Waals surface area contributed by atoms with Gasteiger partial charge in [-0.2, -0.15) is 18.3 Å². The number of nitrogens with one attached hydrogen (secondary N) is 3. The Kier molecular flexibility index (Phi) is 5.94. The number of ether oxygens (including phenoxy) is 2. The van der Waals surface area contributed by atoms with Crippen LogP contribution in [0, 0.1) is 0 Å². The van der Waals surface area contributed by atoms with Crippen LogP contribution in [-0.4, -0.2) is 34.6 Å². The van der Waals surface area contributed by atoms with Crippen LogP contribution >= 0.6 is 0 Å². The van der Waals surface area contributed by atoms with Crippen LogP contribution in [0.5, 0.6) is 11.5 Å². The van der Waals surface area contributed by atoms with Crippen LogP contribution in [0.15, 0.2) is 48.5 Å². The summed E-state index contributed by atoms with van der Waals surface area (Å²) >= 11 is 0. The zero-order valence-corrected chi connectivity index (χ0v) is 19.1. The minimum atomic E-state index is -4.59. The minimum Gasteiger partial charge on any atom is -0.454 e. The second-order valence-electron chi connectivity index (χ2n) is 8.40. The van der Waals surface area contributed by atoms with E-state index >= 15 is 0 Å². The van der Waals surface area contributed by atoms with Gasteiger partial charge in [0.15, 0.2) is 23.2 Å². The first-order valence-electron chi connectivity index (χ1n) is 11.2. The van der Waals surface area contributed by atoms with Crippen LogP contribution in [0.1, 0.15) is 47.9 Å². The Morgan fingerprint density at radius 3 is 2.58 bits per heavy atom. The van der Waals surface area contributed by atoms with E-state index in [-0.39, 0.29) is 37.1 Å². The van der Waals surface area contributed by atoms with E-state index in [1.807, 2.05) is 0 Å². The van der Waals surface area contributed by atoms with Gasteiger partial charge in [0.2, 0.25) is 12.7 Å². The number of carbonyl (C=O) groups is 2. The molecular weight excluding hydrogens is 479 g/mol. The standard InChI is InChI=1S/C24H22F3N5O4/c1-2-22(33)28-14-4-3-5-15(9-14)29-23(34)17-11-21-30-16(10-20(24(25,26)27)32(21)31-17)13-6-7-18-19(8-13)36-12-35-18/h3-9,11,16,20,30H,2,10,12H2,1H3,(H,28,33)(H,29,34)/t16-,20-/m1/s1. The molecule has 0 saturated heterocycles. The molecular formula is C24H22F3N5O4. The molecule has 0 fully saturated rings. The zero-order chi connectivity index (χ0) is 25.4. The van der Waals surface area contributed by atoms with Crippen LogP contribution in [0.25, 0.3) is 0 Å². The fraction of sp³-hybridized carbons (Fsp3) is 0.292. The number of aromatic nitrogens is 2. The fourth-order valence-electron chi connectivity index (χ4n) is 4.15. The lowest BCUT2D eigenvalue weighted by Gasteiger charge is -2.33. The average Bonchev–Trinajstić information content (AvgIpc) is 3.49. The zero-order valence-electron chi connectivity index (χ0n) is 19.1. The number of hydrogen-bond acceptors (Lipinski definition) is 6. The predicted octanol–water partition coefficient (Wildman–Crippen LogP) is 4.87. The summed E-state index contributed by atoms with van der Waals surface area (Å²) in [4.78, 5) is 24.5. The molecule has 9 nitrogen and oxygen atoms in total. The van der Waals surface area contributed by atoms with Gasteiger partial charge in [-0.3, -0.25) is 9.59 Å². The van der Waals surface area contributed by atoms with E-state index in [4.69, 9.17) is 9.47 Å². The van der Waals surface area contributed by atoms with Crippen LogP contribution < -0.4 is 25.4 Å². The highest BCUT2D eigenvalue weighted by Gasteiger charge is 2.47. The van der Waals surface area contributed by atoms with Gasteiger partial charge in [-0.25, -0.2) is 4.68 Å². The summed E-state index contributed by atoms with van der Waals surface area (Å²) in [5.74, 6) is 0.193. The third kappa shape index (κ3) is 4.66. The van der Waals surface area contributed by atoms with Crippen molar-refractivity contribution < 1.29 is 32.2 Å². The molecule has 3 aromatic rings. The number of halogens is 3. The lowest BCUT2D eigenvalue weighted by molar-refractivity contribution is -0.173. The summed E-state index contributed by atoms with van der Waals surface area (Å²) in [5, 5.41) is 12.3. The van der Waals surface area contributed by atoms with E-state index in [2.05, 4.69) is 21.0 Å². The smallest absolute Gasteiger partial charge is 0.410 e. The summed E-state index contributed by atoms with van der Waals surface area (Å²) < 4.78 is 53.4. The molecule has 2 amide bonds. The molecule has 5 rings (SSSR count). The number of carbonyl (C=O) groups excluding carboxylic acids is 2. The van der Waals surface area contributed by atoms with Gasteiger partial charge >= 0.3 is 6.18 Å². The second-order valence-corrected chi connectivity index (χ2v) is 8.40. The first kappa shape index (κ1) is 23.5. The molecule has 0 spiro atoms. The van der Waals surface area contributed by atoms with Gasteiger partial charge in [-0.1, -0.05) is 19.1 Å². The Hall–Kier alpha value is -4.22. The van der Waals surface area contributed by atoms with Crippen molar-refractivity contribution in [3.63, 3.8) is 0 Å². The third-order valence-corrected chi connectivity index (χ3v) is 5.95. The number of benzene rings is 2. The fourth-order valence-corrected chi connectivity index (χ4v) is 4.15. The lowest BCUT2D eigenvalue weighted by atomic mass is 9.96. The van der Waals surface area contributed by atoms with E-state index in [1.165, 1.54) is 6.07 Å². The number of alkyl halides is 3. The monoisotopic (exact) mass is 501 g/mol. The van der Waals surface area contributed by atoms with Crippen molar-refractivity contribution in [3.05, 3.63) is 59.8 Å². The number of anilines is 3. The molecule has 12 heteroatoms. The van der Waals surface area contributed by atoms with Crippen LogP contribution in [0.2, 0.25) is 0 Å². The van der Waals surface area contributed by atoms with Gasteiger partial charge in [-0.05, 0) is 35.9 Å². The number of amides is 2. The van der Waals surface area contributed by atoms with Crippen molar-refractivity contribution in [2.45, 2.75) is 38.0 Å². The average molecular weight is 501 g/mol. The summed E-state index contributed by atoms with van der Waals surface area (Å²) in [6, 6.07) is 10.1. The quantitative estimate of drug-likeness (QED) is 0.461. The van der Waals surface area contributed by atoms with Crippen molar-refractivity contribution in [1.82, 2.24) is 9.78 Å². The lowest BCUT2D eigenvalue weighted by Crippen LogP contribution is -2.35. The molecule has 36 heavy (non-hydrogen) atoms. The number of fused-ring (bicyclic) bond motifs is 2. The van der Waals surface area contributed by atoms with Crippen LogP contribution in [0.4, 0.5) is 30.4 Å². The van der Waals surface area contributed by atoms with Gasteiger partial charge < -0.3 is 25.4 Å².